The molecule has 0 aromatic heterocycles. The fraction of sp³-hybridized carbons (Fsp3) is 1.00. The lowest BCUT2D eigenvalue weighted by molar-refractivity contribution is -0.117. The van der Waals surface area contributed by atoms with Gasteiger partial charge in [-0.15, -0.1) is 0 Å². The van der Waals surface area contributed by atoms with E-state index in [4.69, 9.17) is 42.3 Å². The molecule has 0 spiro atoms. The van der Waals surface area contributed by atoms with Crippen molar-refractivity contribution < 1.29 is 59.1 Å². The summed E-state index contributed by atoms with van der Waals surface area (Å²) in [6, 6.07) is 0. The Hall–Kier alpha value is -0.460. The van der Waals surface area contributed by atoms with Crippen LogP contribution in [-0.2, 0) is 53.4 Å². The first-order valence-electron chi connectivity index (χ1n) is 19.5. The molecule has 0 heterocycles. The van der Waals surface area contributed by atoms with Gasteiger partial charge >= 0.3 is 0 Å². The molecule has 13 nitrogen and oxygen atoms in total. The maximum Gasteiger partial charge on any atom is 0.264 e. The second-order valence-corrected chi connectivity index (χ2v) is 16.5. The summed E-state index contributed by atoms with van der Waals surface area (Å²) in [6.45, 7) is 7.22. The first kappa shape index (κ1) is 50.5. The van der Waals surface area contributed by atoms with Crippen molar-refractivity contribution in [2.45, 2.75) is 148 Å². The zero-order chi connectivity index (χ0) is 37.9. The Balaban J connectivity index is 4.80. The fourth-order valence-electron chi connectivity index (χ4n) is 5.28. The minimum absolute atomic E-state index is 0.121. The van der Waals surface area contributed by atoms with Crippen LogP contribution in [0.25, 0.3) is 0 Å². The van der Waals surface area contributed by atoms with Crippen LogP contribution < -0.4 is 0 Å². The summed E-state index contributed by atoms with van der Waals surface area (Å²) in [6.07, 6.45) is 18.1. The summed E-state index contributed by atoms with van der Waals surface area (Å²) in [4.78, 5) is 0. The van der Waals surface area contributed by atoms with Crippen LogP contribution in [-0.4, -0.2) is 129 Å². The molecule has 308 valence electrons. The number of methoxy groups -OCH3 is 1. The highest BCUT2D eigenvalue weighted by Gasteiger charge is 2.18. The molecule has 0 aliphatic carbocycles. The topological polar surface area (TPSA) is 173 Å². The highest BCUT2D eigenvalue weighted by molar-refractivity contribution is 7.86. The quantitative estimate of drug-likeness (QED) is 0.0498. The highest BCUT2D eigenvalue weighted by Crippen LogP contribution is 2.11. The molecule has 3 unspecified atom stereocenters. The summed E-state index contributed by atoms with van der Waals surface area (Å²) in [5, 5.41) is 0. The van der Waals surface area contributed by atoms with Crippen molar-refractivity contribution >= 4 is 20.2 Å². The molecule has 0 amide bonds. The molecule has 0 fully saturated rings. The number of rotatable bonds is 41. The highest BCUT2D eigenvalue weighted by atomic mass is 32.2. The molecule has 0 rings (SSSR count). The average Bonchev–Trinajstić information content (AvgIpc) is 3.07. The third kappa shape index (κ3) is 39.1. The first-order chi connectivity index (χ1) is 24.5. The maximum absolute atomic E-state index is 11.1. The van der Waals surface area contributed by atoms with Crippen molar-refractivity contribution in [1.29, 1.82) is 0 Å². The Labute approximate surface area is 311 Å². The lowest BCUT2D eigenvalue weighted by atomic mass is 10.1. The molecule has 0 saturated heterocycles. The molecule has 0 aliphatic rings. The molecular formula is C36H74O13S2. The molecular weight excluding hydrogens is 705 g/mol. The molecule has 0 aromatic rings. The van der Waals surface area contributed by atoms with E-state index < -0.39 is 38.5 Å². The maximum atomic E-state index is 11.1. The van der Waals surface area contributed by atoms with Gasteiger partial charge in [0.25, 0.3) is 20.2 Å². The number of ether oxygens (including phenoxy) is 7. The van der Waals surface area contributed by atoms with Gasteiger partial charge in [0, 0.05) is 33.5 Å². The summed E-state index contributed by atoms with van der Waals surface area (Å²) in [7, 11) is -6.58. The average molecular weight is 779 g/mol. The van der Waals surface area contributed by atoms with Crippen LogP contribution in [0.15, 0.2) is 0 Å². The molecule has 2 N–H and O–H groups in total. The Morgan fingerprint density at radius 1 is 0.412 bits per heavy atom. The largest absolute Gasteiger partial charge is 0.382 e. The van der Waals surface area contributed by atoms with E-state index in [0.29, 0.717) is 13.2 Å². The van der Waals surface area contributed by atoms with Crippen molar-refractivity contribution in [1.82, 2.24) is 0 Å². The fourth-order valence-corrected chi connectivity index (χ4v) is 6.25. The van der Waals surface area contributed by atoms with E-state index in [1.807, 2.05) is 0 Å². The van der Waals surface area contributed by atoms with E-state index >= 15 is 0 Å². The molecule has 0 saturated carbocycles. The van der Waals surface area contributed by atoms with Gasteiger partial charge in [-0.05, 0) is 25.7 Å². The van der Waals surface area contributed by atoms with Crippen molar-refractivity contribution in [2.24, 2.45) is 0 Å². The Bertz CT molecular complexity index is 951. The van der Waals surface area contributed by atoms with Crippen LogP contribution in [0, 0.1) is 0 Å². The molecule has 0 aliphatic heterocycles. The normalized spacial score (nSPS) is 14.2. The second-order valence-electron chi connectivity index (χ2n) is 13.3. The zero-order valence-corrected chi connectivity index (χ0v) is 33.8. The second kappa shape index (κ2) is 35.3. The van der Waals surface area contributed by atoms with E-state index in [1.54, 1.807) is 7.11 Å². The van der Waals surface area contributed by atoms with Crippen LogP contribution in [0.3, 0.4) is 0 Å². The van der Waals surface area contributed by atoms with Gasteiger partial charge in [0.15, 0.2) is 0 Å². The summed E-state index contributed by atoms with van der Waals surface area (Å²) in [5.74, 6) is -0.771. The van der Waals surface area contributed by atoms with Crippen LogP contribution in [0.5, 0.6) is 0 Å². The number of unbranched alkanes of at least 4 members (excludes halogenated alkanes) is 14. The predicted octanol–water partition coefficient (Wildman–Crippen LogP) is 6.68. The van der Waals surface area contributed by atoms with E-state index in [2.05, 4.69) is 13.8 Å². The minimum Gasteiger partial charge on any atom is -0.382 e. The SMILES string of the molecule is CCCCCCCCCCOCC(COCC(COC)OCC(COCCCCCCCCCC)OCCCS(=O)(=O)O)OCCCS(=O)(=O)O. The standard InChI is InChI=1S/C36H74O13S2/c1-4-6-8-10-12-14-16-18-22-44-29-35(47-24-20-26-50(37,38)39)32-46-31-34(28-43-3)49-33-36(48-25-21-27-51(40,41)42)30-45-23-19-17-15-13-11-9-7-5-2/h34-36H,4-33H2,1-3H3,(H,37,38,39)(H,40,41,42). The van der Waals surface area contributed by atoms with Crippen molar-refractivity contribution in [2.75, 3.05) is 84.7 Å². The Kier molecular flexibility index (Phi) is 34.9. The first-order valence-corrected chi connectivity index (χ1v) is 22.7. The van der Waals surface area contributed by atoms with Crippen LogP contribution in [0.1, 0.15) is 129 Å². The summed E-state index contributed by atoms with van der Waals surface area (Å²) < 4.78 is 103. The van der Waals surface area contributed by atoms with Crippen molar-refractivity contribution in [3.8, 4) is 0 Å². The molecule has 3 atom stereocenters. The predicted molar refractivity (Wildman–Crippen MR) is 201 cm³/mol. The molecule has 0 aromatic carbocycles. The third-order valence-electron chi connectivity index (χ3n) is 8.17. The number of hydrogen-bond acceptors (Lipinski definition) is 11. The lowest BCUT2D eigenvalue weighted by Crippen LogP contribution is -2.34. The zero-order valence-electron chi connectivity index (χ0n) is 32.1. The number of hydrogen-bond donors (Lipinski definition) is 2. The van der Waals surface area contributed by atoms with E-state index in [-0.39, 0.29) is 77.2 Å². The van der Waals surface area contributed by atoms with Crippen LogP contribution in [0.2, 0.25) is 0 Å². The van der Waals surface area contributed by atoms with Gasteiger partial charge in [-0.3, -0.25) is 9.11 Å². The van der Waals surface area contributed by atoms with Crippen LogP contribution in [0.4, 0.5) is 0 Å². The van der Waals surface area contributed by atoms with E-state index in [0.717, 1.165) is 25.7 Å². The molecule has 51 heavy (non-hydrogen) atoms. The van der Waals surface area contributed by atoms with Gasteiger partial charge < -0.3 is 33.2 Å². The van der Waals surface area contributed by atoms with Gasteiger partial charge in [-0.2, -0.15) is 16.8 Å². The lowest BCUT2D eigenvalue weighted by Gasteiger charge is -2.24. The van der Waals surface area contributed by atoms with Crippen molar-refractivity contribution in [3.05, 3.63) is 0 Å². The van der Waals surface area contributed by atoms with Gasteiger partial charge in [0.1, 0.15) is 18.3 Å². The van der Waals surface area contributed by atoms with Gasteiger partial charge in [-0.1, -0.05) is 104 Å². The molecule has 0 radical (unpaired) electrons. The monoisotopic (exact) mass is 778 g/mol. The van der Waals surface area contributed by atoms with E-state index in [9.17, 15) is 16.8 Å². The smallest absolute Gasteiger partial charge is 0.264 e. The Morgan fingerprint density at radius 2 is 0.765 bits per heavy atom. The minimum atomic E-state index is -4.07. The van der Waals surface area contributed by atoms with E-state index in [1.165, 1.54) is 77.0 Å². The molecule has 15 heteroatoms. The van der Waals surface area contributed by atoms with Gasteiger partial charge in [0.2, 0.25) is 0 Å². The van der Waals surface area contributed by atoms with Crippen LogP contribution >= 0.6 is 0 Å². The van der Waals surface area contributed by atoms with Crippen molar-refractivity contribution in [3.63, 3.8) is 0 Å². The Morgan fingerprint density at radius 3 is 1.16 bits per heavy atom. The summed E-state index contributed by atoms with van der Waals surface area (Å²) >= 11 is 0. The van der Waals surface area contributed by atoms with Gasteiger partial charge in [0.05, 0.1) is 51.1 Å². The molecule has 0 bridgehead atoms. The third-order valence-corrected chi connectivity index (χ3v) is 9.78. The summed E-state index contributed by atoms with van der Waals surface area (Å²) in [5.41, 5.74) is 0. The van der Waals surface area contributed by atoms with Gasteiger partial charge in [-0.25, -0.2) is 0 Å².